The summed E-state index contributed by atoms with van der Waals surface area (Å²) in [7, 11) is 2.18. The van der Waals surface area contributed by atoms with Crippen molar-refractivity contribution in [2.75, 3.05) is 70.9 Å². The fraction of sp³-hybridized carbons (Fsp3) is 0.667. The molecule has 2 saturated heterocycles. The van der Waals surface area contributed by atoms with E-state index in [1.165, 1.54) is 5.56 Å². The first-order valence-electron chi connectivity index (χ1n) is 8.88. The van der Waals surface area contributed by atoms with Crippen LogP contribution in [0.5, 0.6) is 0 Å². The van der Waals surface area contributed by atoms with Gasteiger partial charge in [-0.3, -0.25) is 0 Å². The number of likely N-dealkylation sites (N-methyl/N-ethyl adjacent to an activating group) is 1. The predicted molar refractivity (Wildman–Crippen MR) is 101 cm³/mol. The Kier molecular flexibility index (Phi) is 7.75. The van der Waals surface area contributed by atoms with Crippen molar-refractivity contribution in [3.8, 4) is 0 Å². The van der Waals surface area contributed by atoms with Crippen LogP contribution in [0.1, 0.15) is 12.0 Å². The largest absolute Gasteiger partial charge is 0.366 e. The number of halogens is 2. The van der Waals surface area contributed by atoms with E-state index in [-0.39, 0.29) is 18.2 Å². The summed E-state index contributed by atoms with van der Waals surface area (Å²) in [5, 5.41) is 3.34. The molecule has 1 aromatic carbocycles. The van der Waals surface area contributed by atoms with Gasteiger partial charge in [0.2, 0.25) is 0 Å². The van der Waals surface area contributed by atoms with Gasteiger partial charge >= 0.3 is 0 Å². The van der Waals surface area contributed by atoms with E-state index in [4.69, 9.17) is 0 Å². The molecule has 2 aliphatic rings. The molecule has 0 amide bonds. The van der Waals surface area contributed by atoms with Gasteiger partial charge in [-0.1, -0.05) is 12.1 Å². The molecule has 2 aliphatic heterocycles. The van der Waals surface area contributed by atoms with E-state index in [1.54, 1.807) is 6.07 Å². The summed E-state index contributed by atoms with van der Waals surface area (Å²) in [4.78, 5) is 7.12. The molecule has 0 bridgehead atoms. The summed E-state index contributed by atoms with van der Waals surface area (Å²) in [6.07, 6.45) is 2.07. The second-order valence-electron chi connectivity index (χ2n) is 6.73. The zero-order chi connectivity index (χ0) is 16.1. The first-order valence-corrected chi connectivity index (χ1v) is 8.88. The van der Waals surface area contributed by atoms with E-state index in [2.05, 4.69) is 33.1 Å². The molecule has 4 nitrogen and oxygen atoms in total. The molecule has 0 spiro atoms. The van der Waals surface area contributed by atoms with Crippen molar-refractivity contribution in [2.45, 2.75) is 12.8 Å². The van der Waals surface area contributed by atoms with Crippen LogP contribution in [-0.2, 0) is 6.42 Å². The molecule has 0 radical (unpaired) electrons. The standard InChI is InChI=1S/C18H29FN4.ClH/c1-21-12-14-22(15-13-21)9-3-5-16-4-2-6-17(19)18(16)23-10-7-20-8-11-23;/h2,4,6,20H,3,5,7-15H2,1H3;1H. The van der Waals surface area contributed by atoms with Crippen molar-refractivity contribution >= 4 is 18.1 Å². The minimum atomic E-state index is -0.0657. The molecule has 0 atom stereocenters. The van der Waals surface area contributed by atoms with Gasteiger partial charge in [0.25, 0.3) is 0 Å². The van der Waals surface area contributed by atoms with Gasteiger partial charge in [0.1, 0.15) is 5.82 Å². The smallest absolute Gasteiger partial charge is 0.146 e. The third-order valence-electron chi connectivity index (χ3n) is 5.02. The van der Waals surface area contributed by atoms with Gasteiger partial charge in [0.15, 0.2) is 0 Å². The van der Waals surface area contributed by atoms with Gasteiger partial charge in [-0.15, -0.1) is 12.4 Å². The number of nitrogens with one attached hydrogen (secondary N) is 1. The number of piperazine rings is 2. The summed E-state index contributed by atoms with van der Waals surface area (Å²) in [6.45, 7) is 9.42. The molecular weight excluding hydrogens is 327 g/mol. The second kappa shape index (κ2) is 9.56. The number of hydrogen-bond donors (Lipinski definition) is 1. The Morgan fingerprint density at radius 2 is 1.75 bits per heavy atom. The van der Waals surface area contributed by atoms with Crippen LogP contribution in [0.3, 0.4) is 0 Å². The first-order chi connectivity index (χ1) is 11.2. The average Bonchev–Trinajstić information content (AvgIpc) is 2.58. The highest BCUT2D eigenvalue weighted by Crippen LogP contribution is 2.26. The lowest BCUT2D eigenvalue weighted by Gasteiger charge is -2.33. The average molecular weight is 357 g/mol. The van der Waals surface area contributed by atoms with E-state index in [0.717, 1.165) is 77.4 Å². The zero-order valence-corrected chi connectivity index (χ0v) is 15.5. The Bertz CT molecular complexity index is 500. The Labute approximate surface area is 151 Å². The third kappa shape index (κ3) is 5.06. The molecule has 24 heavy (non-hydrogen) atoms. The molecule has 0 saturated carbocycles. The lowest BCUT2D eigenvalue weighted by Crippen LogP contribution is -2.45. The summed E-state index contributed by atoms with van der Waals surface area (Å²) >= 11 is 0. The Hall–Kier alpha value is -0.880. The molecule has 2 fully saturated rings. The number of benzene rings is 1. The number of hydrogen-bond acceptors (Lipinski definition) is 4. The summed E-state index contributed by atoms with van der Waals surface area (Å²) < 4.78 is 14.4. The monoisotopic (exact) mass is 356 g/mol. The highest BCUT2D eigenvalue weighted by Gasteiger charge is 2.18. The highest BCUT2D eigenvalue weighted by molar-refractivity contribution is 5.85. The molecule has 3 rings (SSSR count). The van der Waals surface area contributed by atoms with Crippen LogP contribution in [0.15, 0.2) is 18.2 Å². The SMILES string of the molecule is CN1CCN(CCCc2cccc(F)c2N2CCNCC2)CC1.Cl. The fourth-order valence-electron chi connectivity index (χ4n) is 3.57. The van der Waals surface area contributed by atoms with Crippen LogP contribution in [-0.4, -0.2) is 75.8 Å². The zero-order valence-electron chi connectivity index (χ0n) is 14.6. The number of nitrogens with zero attached hydrogens (tertiary/aromatic N) is 3. The van der Waals surface area contributed by atoms with Crippen molar-refractivity contribution in [3.05, 3.63) is 29.6 Å². The van der Waals surface area contributed by atoms with Gasteiger partial charge in [-0.25, -0.2) is 4.39 Å². The summed E-state index contributed by atoms with van der Waals surface area (Å²) in [5.41, 5.74) is 2.01. The fourth-order valence-corrected chi connectivity index (χ4v) is 3.57. The molecule has 1 N–H and O–H groups in total. The molecule has 0 aliphatic carbocycles. The van der Waals surface area contributed by atoms with Crippen LogP contribution in [0.4, 0.5) is 10.1 Å². The Morgan fingerprint density at radius 1 is 1.04 bits per heavy atom. The lowest BCUT2D eigenvalue weighted by molar-refractivity contribution is 0.153. The van der Waals surface area contributed by atoms with E-state index < -0.39 is 0 Å². The third-order valence-corrected chi connectivity index (χ3v) is 5.02. The van der Waals surface area contributed by atoms with Gasteiger partial charge in [0.05, 0.1) is 5.69 Å². The van der Waals surface area contributed by atoms with Crippen LogP contribution >= 0.6 is 12.4 Å². The maximum atomic E-state index is 14.4. The second-order valence-corrected chi connectivity index (χ2v) is 6.73. The molecule has 6 heteroatoms. The molecule has 0 aromatic heterocycles. The lowest BCUT2D eigenvalue weighted by atomic mass is 10.0. The van der Waals surface area contributed by atoms with E-state index >= 15 is 0 Å². The maximum absolute atomic E-state index is 14.4. The number of rotatable bonds is 5. The molecule has 136 valence electrons. The van der Waals surface area contributed by atoms with Gasteiger partial charge in [0, 0.05) is 52.4 Å². The van der Waals surface area contributed by atoms with Crippen LogP contribution in [0.25, 0.3) is 0 Å². The molecule has 1 aromatic rings. The Balaban J connectivity index is 0.00000208. The number of aryl methyl sites for hydroxylation is 1. The van der Waals surface area contributed by atoms with Crippen LogP contribution < -0.4 is 10.2 Å². The summed E-state index contributed by atoms with van der Waals surface area (Å²) in [6, 6.07) is 5.55. The number of anilines is 1. The van der Waals surface area contributed by atoms with Gasteiger partial charge in [-0.2, -0.15) is 0 Å². The minimum Gasteiger partial charge on any atom is -0.366 e. The van der Waals surface area contributed by atoms with Gasteiger partial charge in [-0.05, 0) is 38.1 Å². The molecule has 2 heterocycles. The quantitative estimate of drug-likeness (QED) is 0.869. The van der Waals surface area contributed by atoms with Crippen molar-refractivity contribution in [2.24, 2.45) is 0 Å². The Morgan fingerprint density at radius 3 is 2.46 bits per heavy atom. The van der Waals surface area contributed by atoms with E-state index in [0.29, 0.717) is 0 Å². The van der Waals surface area contributed by atoms with Crippen LogP contribution in [0.2, 0.25) is 0 Å². The van der Waals surface area contributed by atoms with E-state index in [1.807, 2.05) is 6.07 Å². The molecular formula is C18H30ClFN4. The van der Waals surface area contributed by atoms with Crippen molar-refractivity contribution in [1.82, 2.24) is 15.1 Å². The maximum Gasteiger partial charge on any atom is 0.146 e. The van der Waals surface area contributed by atoms with Gasteiger partial charge < -0.3 is 20.0 Å². The predicted octanol–water partition coefficient (Wildman–Crippen LogP) is 1.84. The van der Waals surface area contributed by atoms with E-state index in [9.17, 15) is 4.39 Å². The van der Waals surface area contributed by atoms with Crippen molar-refractivity contribution in [1.29, 1.82) is 0 Å². The normalized spacial score (nSPS) is 20.0. The van der Waals surface area contributed by atoms with Crippen molar-refractivity contribution in [3.63, 3.8) is 0 Å². The highest BCUT2D eigenvalue weighted by atomic mass is 35.5. The summed E-state index contributed by atoms with van der Waals surface area (Å²) in [5.74, 6) is -0.0657. The topological polar surface area (TPSA) is 21.8 Å². The first kappa shape index (κ1) is 19.4. The number of para-hydroxylation sites is 1. The van der Waals surface area contributed by atoms with Crippen LogP contribution in [0, 0.1) is 5.82 Å². The minimum absolute atomic E-state index is 0. The molecule has 0 unspecified atom stereocenters. The van der Waals surface area contributed by atoms with Crippen molar-refractivity contribution < 1.29 is 4.39 Å².